The van der Waals surface area contributed by atoms with E-state index in [-0.39, 0.29) is 6.04 Å². The van der Waals surface area contributed by atoms with E-state index in [4.69, 9.17) is 5.73 Å². The van der Waals surface area contributed by atoms with Crippen molar-refractivity contribution in [1.29, 1.82) is 0 Å². The van der Waals surface area contributed by atoms with Crippen LogP contribution < -0.4 is 5.73 Å². The Bertz CT molecular complexity index is 888. The highest BCUT2D eigenvalue weighted by Crippen LogP contribution is 2.36. The zero-order valence-electron chi connectivity index (χ0n) is 10.7. The fourth-order valence-corrected chi connectivity index (χ4v) is 4.62. The summed E-state index contributed by atoms with van der Waals surface area (Å²) in [5.74, 6) is 0. The molecule has 0 saturated heterocycles. The number of nitrogens with two attached hydrogens (primary N) is 1. The quantitative estimate of drug-likeness (QED) is 0.543. The lowest BCUT2D eigenvalue weighted by Gasteiger charge is -2.12. The van der Waals surface area contributed by atoms with Crippen molar-refractivity contribution in [2.24, 2.45) is 5.73 Å². The first-order chi connectivity index (χ1) is 9.84. The molecular formula is C17H13NS2. The van der Waals surface area contributed by atoms with Gasteiger partial charge in [-0.1, -0.05) is 36.4 Å². The van der Waals surface area contributed by atoms with Crippen LogP contribution in [0.3, 0.4) is 0 Å². The summed E-state index contributed by atoms with van der Waals surface area (Å²) in [5.41, 5.74) is 9.02. The van der Waals surface area contributed by atoms with E-state index in [0.717, 1.165) is 0 Å². The molecule has 98 valence electrons. The number of thiophene rings is 2. The lowest BCUT2D eigenvalue weighted by Crippen LogP contribution is -2.11. The molecule has 0 aliphatic carbocycles. The molecule has 1 atom stereocenters. The van der Waals surface area contributed by atoms with E-state index in [0.29, 0.717) is 0 Å². The van der Waals surface area contributed by atoms with Gasteiger partial charge in [-0.2, -0.15) is 0 Å². The molecule has 3 heteroatoms. The topological polar surface area (TPSA) is 26.0 Å². The summed E-state index contributed by atoms with van der Waals surface area (Å²) in [4.78, 5) is 0. The van der Waals surface area contributed by atoms with E-state index in [9.17, 15) is 0 Å². The molecule has 2 aromatic heterocycles. The van der Waals surface area contributed by atoms with Gasteiger partial charge < -0.3 is 5.73 Å². The molecule has 1 nitrogen and oxygen atoms in total. The smallest absolute Gasteiger partial charge is 0.0580 e. The monoisotopic (exact) mass is 295 g/mol. The summed E-state index contributed by atoms with van der Waals surface area (Å²) in [6.45, 7) is 0. The standard InChI is InChI=1S/C17H13NS2/c18-16(13-6-3-4-11-8-9-19-17(11)13)14-10-20-15-7-2-1-5-12(14)15/h1-10,16H,18H2. The van der Waals surface area contributed by atoms with Gasteiger partial charge in [-0.15, -0.1) is 22.7 Å². The summed E-state index contributed by atoms with van der Waals surface area (Å²) in [6, 6.07) is 17.0. The Morgan fingerprint density at radius 2 is 1.75 bits per heavy atom. The first-order valence-corrected chi connectivity index (χ1v) is 8.28. The number of fused-ring (bicyclic) bond motifs is 2. The minimum atomic E-state index is -0.0616. The Labute approximate surface area is 125 Å². The molecule has 0 fully saturated rings. The zero-order valence-corrected chi connectivity index (χ0v) is 12.4. The molecule has 2 N–H and O–H groups in total. The Hall–Kier alpha value is -1.68. The Morgan fingerprint density at radius 1 is 0.850 bits per heavy atom. The van der Waals surface area contributed by atoms with Gasteiger partial charge in [-0.25, -0.2) is 0 Å². The Kier molecular flexibility index (Phi) is 2.84. The molecule has 0 saturated carbocycles. The Balaban J connectivity index is 1.92. The molecule has 2 aromatic carbocycles. The van der Waals surface area contributed by atoms with Gasteiger partial charge in [0.25, 0.3) is 0 Å². The number of hydrogen-bond donors (Lipinski definition) is 1. The average molecular weight is 295 g/mol. The van der Waals surface area contributed by atoms with Crippen LogP contribution in [0.1, 0.15) is 17.2 Å². The fourth-order valence-electron chi connectivity index (χ4n) is 2.67. The van der Waals surface area contributed by atoms with Gasteiger partial charge in [0.05, 0.1) is 6.04 Å². The van der Waals surface area contributed by atoms with Crippen molar-refractivity contribution < 1.29 is 0 Å². The van der Waals surface area contributed by atoms with Gasteiger partial charge in [0.1, 0.15) is 0 Å². The first-order valence-electron chi connectivity index (χ1n) is 6.52. The van der Waals surface area contributed by atoms with Crippen LogP contribution in [0.5, 0.6) is 0 Å². The van der Waals surface area contributed by atoms with Crippen LogP contribution in [0.15, 0.2) is 59.3 Å². The van der Waals surface area contributed by atoms with Crippen LogP contribution in [0.4, 0.5) is 0 Å². The highest BCUT2D eigenvalue weighted by molar-refractivity contribution is 7.17. The van der Waals surface area contributed by atoms with Crippen LogP contribution in [-0.2, 0) is 0 Å². The predicted molar refractivity (Wildman–Crippen MR) is 89.7 cm³/mol. The summed E-state index contributed by atoms with van der Waals surface area (Å²) in [6.07, 6.45) is 0. The summed E-state index contributed by atoms with van der Waals surface area (Å²) >= 11 is 3.54. The second-order valence-electron chi connectivity index (χ2n) is 4.85. The SMILES string of the molecule is NC(c1csc2ccccc12)c1cccc2ccsc12. The van der Waals surface area contributed by atoms with E-state index in [1.54, 1.807) is 22.7 Å². The van der Waals surface area contributed by atoms with E-state index in [1.165, 1.54) is 31.3 Å². The van der Waals surface area contributed by atoms with E-state index < -0.39 is 0 Å². The molecule has 0 aliphatic heterocycles. The van der Waals surface area contributed by atoms with Crippen LogP contribution in [0.25, 0.3) is 20.2 Å². The van der Waals surface area contributed by atoms with Gasteiger partial charge in [0.2, 0.25) is 0 Å². The third kappa shape index (κ3) is 1.79. The molecule has 0 radical (unpaired) electrons. The van der Waals surface area contributed by atoms with Crippen LogP contribution in [-0.4, -0.2) is 0 Å². The fraction of sp³-hybridized carbons (Fsp3) is 0.0588. The maximum absolute atomic E-state index is 6.57. The van der Waals surface area contributed by atoms with Crippen LogP contribution in [0.2, 0.25) is 0 Å². The van der Waals surface area contributed by atoms with Gasteiger partial charge in [0.15, 0.2) is 0 Å². The van der Waals surface area contributed by atoms with Crippen LogP contribution >= 0.6 is 22.7 Å². The van der Waals surface area contributed by atoms with Crippen molar-refractivity contribution in [3.63, 3.8) is 0 Å². The molecule has 0 aliphatic rings. The summed E-state index contributed by atoms with van der Waals surface area (Å²) < 4.78 is 2.60. The van der Waals surface area contributed by atoms with Crippen molar-refractivity contribution in [2.75, 3.05) is 0 Å². The lowest BCUT2D eigenvalue weighted by atomic mass is 9.98. The molecule has 20 heavy (non-hydrogen) atoms. The van der Waals surface area contributed by atoms with Gasteiger partial charge in [0, 0.05) is 9.40 Å². The van der Waals surface area contributed by atoms with Gasteiger partial charge >= 0.3 is 0 Å². The third-order valence-electron chi connectivity index (χ3n) is 3.69. The largest absolute Gasteiger partial charge is 0.320 e. The predicted octanol–water partition coefficient (Wildman–Crippen LogP) is 5.16. The van der Waals surface area contributed by atoms with E-state index in [2.05, 4.69) is 59.3 Å². The number of hydrogen-bond acceptors (Lipinski definition) is 3. The Morgan fingerprint density at radius 3 is 2.70 bits per heavy atom. The van der Waals surface area contributed by atoms with Crippen molar-refractivity contribution in [1.82, 2.24) is 0 Å². The highest BCUT2D eigenvalue weighted by atomic mass is 32.1. The molecule has 0 spiro atoms. The van der Waals surface area contributed by atoms with E-state index in [1.807, 2.05) is 0 Å². The molecule has 4 aromatic rings. The zero-order chi connectivity index (χ0) is 13.5. The second-order valence-corrected chi connectivity index (χ2v) is 6.68. The summed E-state index contributed by atoms with van der Waals surface area (Å²) in [5, 5.41) is 6.88. The highest BCUT2D eigenvalue weighted by Gasteiger charge is 2.16. The van der Waals surface area contributed by atoms with Gasteiger partial charge in [-0.05, 0) is 44.8 Å². The molecule has 4 rings (SSSR count). The molecule has 0 bridgehead atoms. The summed E-state index contributed by atoms with van der Waals surface area (Å²) in [7, 11) is 0. The van der Waals surface area contributed by atoms with Crippen molar-refractivity contribution in [2.45, 2.75) is 6.04 Å². The molecule has 2 heterocycles. The van der Waals surface area contributed by atoms with Gasteiger partial charge in [-0.3, -0.25) is 0 Å². The van der Waals surface area contributed by atoms with Crippen molar-refractivity contribution >= 4 is 42.8 Å². The lowest BCUT2D eigenvalue weighted by molar-refractivity contribution is 0.896. The number of benzene rings is 2. The maximum atomic E-state index is 6.57. The number of rotatable bonds is 2. The van der Waals surface area contributed by atoms with E-state index >= 15 is 0 Å². The molecule has 1 unspecified atom stereocenters. The average Bonchev–Trinajstić information content (AvgIpc) is 3.12. The minimum absolute atomic E-state index is 0.0616. The maximum Gasteiger partial charge on any atom is 0.0580 e. The van der Waals surface area contributed by atoms with Crippen molar-refractivity contribution in [3.8, 4) is 0 Å². The third-order valence-corrected chi connectivity index (χ3v) is 5.65. The van der Waals surface area contributed by atoms with Crippen molar-refractivity contribution in [3.05, 3.63) is 70.4 Å². The minimum Gasteiger partial charge on any atom is -0.320 e. The molecular weight excluding hydrogens is 282 g/mol. The second kappa shape index (κ2) is 4.70. The molecule has 0 amide bonds. The van der Waals surface area contributed by atoms with Crippen LogP contribution in [0, 0.1) is 0 Å². The normalized spacial score (nSPS) is 13.1. The first kappa shape index (κ1) is 12.1.